The van der Waals surface area contributed by atoms with Crippen LogP contribution in [0, 0.1) is 10.1 Å². The van der Waals surface area contributed by atoms with E-state index in [1.54, 1.807) is 62.4 Å². The van der Waals surface area contributed by atoms with Gasteiger partial charge < -0.3 is 18.6 Å². The fourth-order valence-corrected chi connectivity index (χ4v) is 5.80. The lowest BCUT2D eigenvalue weighted by atomic mass is 9.95. The van der Waals surface area contributed by atoms with Crippen molar-refractivity contribution in [1.29, 1.82) is 0 Å². The Bertz CT molecular complexity index is 1910. The summed E-state index contributed by atoms with van der Waals surface area (Å²) in [4.78, 5) is 42.7. The van der Waals surface area contributed by atoms with E-state index >= 15 is 0 Å². The van der Waals surface area contributed by atoms with E-state index in [9.17, 15) is 19.7 Å². The lowest BCUT2D eigenvalue weighted by Gasteiger charge is -2.25. The van der Waals surface area contributed by atoms with Gasteiger partial charge in [-0.1, -0.05) is 17.4 Å². The maximum absolute atomic E-state index is 13.9. The molecule has 43 heavy (non-hydrogen) atoms. The van der Waals surface area contributed by atoms with Crippen LogP contribution in [0.3, 0.4) is 0 Å². The zero-order valence-electron chi connectivity index (χ0n) is 24.2. The zero-order chi connectivity index (χ0) is 30.8. The lowest BCUT2D eigenvalue weighted by Crippen LogP contribution is -2.40. The summed E-state index contributed by atoms with van der Waals surface area (Å²) in [6.45, 7) is 7.40. The molecule has 5 rings (SSSR count). The van der Waals surface area contributed by atoms with Crippen molar-refractivity contribution in [2.24, 2.45) is 4.99 Å². The van der Waals surface area contributed by atoms with E-state index in [4.69, 9.17) is 18.6 Å². The smallest absolute Gasteiger partial charge is 0.338 e. The number of carbonyl (C=O) groups excluding carboxylic acids is 1. The van der Waals surface area contributed by atoms with Crippen LogP contribution in [0.5, 0.6) is 11.5 Å². The molecule has 1 atom stereocenters. The lowest BCUT2D eigenvalue weighted by molar-refractivity contribution is -0.384. The number of carbonyl (C=O) groups is 1. The monoisotopic (exact) mass is 603 g/mol. The molecule has 3 heterocycles. The molecule has 2 aromatic carbocycles. The molecule has 4 aromatic rings. The minimum atomic E-state index is -0.827. The molecule has 0 unspecified atom stereocenters. The molecule has 0 fully saturated rings. The Balaban J connectivity index is 1.61. The highest BCUT2D eigenvalue weighted by Gasteiger charge is 2.34. The van der Waals surface area contributed by atoms with Crippen molar-refractivity contribution in [3.8, 4) is 22.8 Å². The fraction of sp³-hybridized carbons (Fsp3) is 0.258. The predicted octanol–water partition coefficient (Wildman–Crippen LogP) is 4.76. The van der Waals surface area contributed by atoms with Gasteiger partial charge in [-0.2, -0.15) is 0 Å². The normalized spacial score (nSPS) is 14.8. The highest BCUT2D eigenvalue weighted by Crippen LogP contribution is 2.36. The highest BCUT2D eigenvalue weighted by atomic mass is 32.1. The van der Waals surface area contributed by atoms with Crippen LogP contribution in [0.2, 0.25) is 0 Å². The third-order valence-corrected chi connectivity index (χ3v) is 7.63. The molecule has 11 nitrogen and oxygen atoms in total. The first-order chi connectivity index (χ1) is 20.6. The summed E-state index contributed by atoms with van der Waals surface area (Å²) in [5.74, 6) is 1.33. The van der Waals surface area contributed by atoms with Crippen molar-refractivity contribution in [2.45, 2.75) is 39.8 Å². The third-order valence-electron chi connectivity index (χ3n) is 6.65. The Kier molecular flexibility index (Phi) is 8.31. The maximum Gasteiger partial charge on any atom is 0.338 e. The van der Waals surface area contributed by atoms with Gasteiger partial charge in [0.2, 0.25) is 0 Å². The molecule has 2 aromatic heterocycles. The maximum atomic E-state index is 13.9. The van der Waals surface area contributed by atoms with Gasteiger partial charge in [0.05, 0.1) is 46.6 Å². The second kappa shape index (κ2) is 12.1. The number of thiazole rings is 1. The molecule has 12 heteroatoms. The average molecular weight is 604 g/mol. The van der Waals surface area contributed by atoms with Crippen LogP contribution < -0.4 is 24.4 Å². The standard InChI is InChI=1S/C31H29N3O8S/c1-6-40-30(36)27-18(4)32-31-33(28(27)20-9-13-24(41-17(2)3)25(15-20)39-5)29(35)26(43-31)16-22-12-14-23(42-22)19-7-10-21(11-8-19)34(37)38/h7-17,28H,6H2,1-5H3/b26-16+/t28-/m0/s1. The number of nitro groups is 1. The zero-order valence-corrected chi connectivity index (χ0v) is 25.0. The van der Waals surface area contributed by atoms with E-state index in [0.29, 0.717) is 49.2 Å². The summed E-state index contributed by atoms with van der Waals surface area (Å²) in [6, 6.07) is 13.9. The molecule has 0 bridgehead atoms. The number of nitro benzene ring substituents is 1. The number of hydrogen-bond donors (Lipinski definition) is 0. The van der Waals surface area contributed by atoms with Gasteiger partial charge in [-0.3, -0.25) is 19.5 Å². The number of ether oxygens (including phenoxy) is 3. The number of aromatic nitrogens is 1. The summed E-state index contributed by atoms with van der Waals surface area (Å²) < 4.78 is 24.6. The molecule has 0 saturated carbocycles. The fourth-order valence-electron chi connectivity index (χ4n) is 4.77. The van der Waals surface area contributed by atoms with E-state index in [1.165, 1.54) is 35.1 Å². The van der Waals surface area contributed by atoms with Crippen molar-refractivity contribution in [3.63, 3.8) is 0 Å². The van der Waals surface area contributed by atoms with Gasteiger partial charge in [-0.05, 0) is 69.7 Å². The first kappa shape index (κ1) is 29.5. The van der Waals surface area contributed by atoms with Gasteiger partial charge in [-0.25, -0.2) is 9.79 Å². The van der Waals surface area contributed by atoms with Crippen molar-refractivity contribution >= 4 is 29.1 Å². The minimum absolute atomic E-state index is 0.0246. The van der Waals surface area contributed by atoms with Crippen LogP contribution in [0.1, 0.15) is 45.1 Å². The summed E-state index contributed by atoms with van der Waals surface area (Å²) in [7, 11) is 1.53. The van der Waals surface area contributed by atoms with Crippen LogP contribution in [-0.2, 0) is 9.53 Å². The van der Waals surface area contributed by atoms with Gasteiger partial charge >= 0.3 is 5.97 Å². The quantitative estimate of drug-likeness (QED) is 0.152. The largest absolute Gasteiger partial charge is 0.493 e. The number of furan rings is 1. The Morgan fingerprint density at radius 2 is 1.91 bits per heavy atom. The Hall–Kier alpha value is -4.97. The van der Waals surface area contributed by atoms with Gasteiger partial charge in [0, 0.05) is 23.8 Å². The molecule has 0 amide bonds. The molecule has 0 spiro atoms. The van der Waals surface area contributed by atoms with Crippen LogP contribution in [0.15, 0.2) is 80.1 Å². The summed E-state index contributed by atoms with van der Waals surface area (Å²) >= 11 is 1.17. The molecular weight excluding hydrogens is 574 g/mol. The van der Waals surface area contributed by atoms with Crippen molar-refractivity contribution in [1.82, 2.24) is 4.57 Å². The summed E-state index contributed by atoms with van der Waals surface area (Å²) in [6.07, 6.45) is 1.52. The number of benzene rings is 2. The highest BCUT2D eigenvalue weighted by molar-refractivity contribution is 7.07. The van der Waals surface area contributed by atoms with Crippen LogP contribution in [-0.4, -0.2) is 35.3 Å². The van der Waals surface area contributed by atoms with Gasteiger partial charge in [-0.15, -0.1) is 0 Å². The Labute approximate surface area is 250 Å². The molecule has 0 N–H and O–H groups in total. The van der Waals surface area contributed by atoms with E-state index in [2.05, 4.69) is 4.99 Å². The number of hydrogen-bond acceptors (Lipinski definition) is 10. The van der Waals surface area contributed by atoms with Crippen molar-refractivity contribution < 1.29 is 28.3 Å². The van der Waals surface area contributed by atoms with Crippen LogP contribution in [0.4, 0.5) is 5.69 Å². The second-order valence-electron chi connectivity index (χ2n) is 9.89. The van der Waals surface area contributed by atoms with Gasteiger partial charge in [0.25, 0.3) is 11.2 Å². The van der Waals surface area contributed by atoms with Crippen LogP contribution >= 0.6 is 11.3 Å². The number of methoxy groups -OCH3 is 1. The number of non-ortho nitro benzene ring substituents is 1. The molecule has 1 aliphatic rings. The number of esters is 1. The number of nitrogens with zero attached hydrogens (tertiary/aromatic N) is 3. The molecule has 222 valence electrons. The number of fused-ring (bicyclic) bond motifs is 1. The molecule has 1 aliphatic heterocycles. The first-order valence-electron chi connectivity index (χ1n) is 13.5. The molecule has 0 aliphatic carbocycles. The van der Waals surface area contributed by atoms with Crippen molar-refractivity contribution in [3.05, 3.63) is 107 Å². The average Bonchev–Trinajstić information content (AvgIpc) is 3.56. The first-order valence-corrected chi connectivity index (χ1v) is 14.3. The number of allylic oxidation sites excluding steroid dienone is 1. The molecule has 0 saturated heterocycles. The summed E-state index contributed by atoms with van der Waals surface area (Å²) in [5.41, 5.74) is 1.58. The second-order valence-corrected chi connectivity index (χ2v) is 10.9. The van der Waals surface area contributed by atoms with E-state index < -0.39 is 16.9 Å². The topological polar surface area (TPSA) is 135 Å². The Morgan fingerprint density at radius 1 is 1.16 bits per heavy atom. The minimum Gasteiger partial charge on any atom is -0.493 e. The van der Waals surface area contributed by atoms with Gasteiger partial charge in [0.15, 0.2) is 16.3 Å². The molecular formula is C31H29N3O8S. The number of rotatable bonds is 9. The summed E-state index contributed by atoms with van der Waals surface area (Å²) in [5, 5.41) is 11.0. The van der Waals surface area contributed by atoms with Crippen LogP contribution in [0.25, 0.3) is 17.4 Å². The Morgan fingerprint density at radius 3 is 2.56 bits per heavy atom. The third kappa shape index (κ3) is 5.86. The van der Waals surface area contributed by atoms with E-state index in [0.717, 1.165) is 0 Å². The predicted molar refractivity (Wildman–Crippen MR) is 160 cm³/mol. The van der Waals surface area contributed by atoms with Crippen molar-refractivity contribution in [2.75, 3.05) is 13.7 Å². The SMILES string of the molecule is CCOC(=O)C1=C(C)N=c2s/c(=C/c3ccc(-c4ccc([N+](=O)[O-])cc4)o3)c(=O)n2[C@H]1c1ccc(OC(C)C)c(OC)c1. The van der Waals surface area contributed by atoms with E-state index in [1.807, 2.05) is 13.8 Å². The van der Waals surface area contributed by atoms with E-state index in [-0.39, 0.29) is 29.5 Å². The molecule has 0 radical (unpaired) electrons. The van der Waals surface area contributed by atoms with Gasteiger partial charge in [0.1, 0.15) is 11.5 Å².